The lowest BCUT2D eigenvalue weighted by atomic mass is 10.1. The Morgan fingerprint density at radius 2 is 1.61 bits per heavy atom. The van der Waals surface area contributed by atoms with Gasteiger partial charge in [0.2, 0.25) is 0 Å². The maximum Gasteiger partial charge on any atom is 0.271 e. The number of benzene rings is 2. The number of anilines is 1. The lowest BCUT2D eigenvalue weighted by Crippen LogP contribution is -2.21. The first-order chi connectivity index (χ1) is 15.6. The monoisotopic (exact) mass is 464 g/mol. The molecule has 9 heteroatoms. The van der Waals surface area contributed by atoms with Crippen molar-refractivity contribution in [3.63, 3.8) is 0 Å². The number of hydrogen-bond acceptors (Lipinski definition) is 6. The molecule has 0 fully saturated rings. The minimum absolute atomic E-state index is 0.134. The molecule has 0 radical (unpaired) electrons. The molecule has 0 amide bonds. The van der Waals surface area contributed by atoms with Crippen molar-refractivity contribution in [2.45, 2.75) is 39.5 Å². The van der Waals surface area contributed by atoms with Gasteiger partial charge in [-0.1, -0.05) is 23.4 Å². The van der Waals surface area contributed by atoms with E-state index in [1.54, 1.807) is 57.2 Å². The molecule has 0 aliphatic rings. The number of hydrogen-bond donors (Lipinski definition) is 1. The lowest BCUT2D eigenvalue weighted by molar-refractivity contribution is 0.392. The summed E-state index contributed by atoms with van der Waals surface area (Å²) in [5.74, 6) is 0.462. The Labute approximate surface area is 191 Å². The van der Waals surface area contributed by atoms with Crippen LogP contribution in [0.4, 0.5) is 5.69 Å². The highest BCUT2D eigenvalue weighted by Gasteiger charge is 2.20. The number of aromatic nitrogens is 3. The molecule has 2 aromatic heterocycles. The highest BCUT2D eigenvalue weighted by molar-refractivity contribution is 7.92. The van der Waals surface area contributed by atoms with Gasteiger partial charge in [0.1, 0.15) is 11.4 Å². The molecule has 0 spiro atoms. The van der Waals surface area contributed by atoms with Crippen LogP contribution in [0.25, 0.3) is 16.9 Å². The van der Waals surface area contributed by atoms with Crippen molar-refractivity contribution in [1.29, 1.82) is 0 Å². The molecule has 1 N–H and O–H groups in total. The quantitative estimate of drug-likeness (QED) is 0.474. The van der Waals surface area contributed by atoms with Gasteiger partial charge in [-0.2, -0.15) is 9.78 Å². The average molecular weight is 465 g/mol. The second kappa shape index (κ2) is 8.32. The SMILES string of the molecule is Cc1ccc(NS(=O)(=O)c2cc(-c3ccc(=O)n(-c4c(C)noc4C)n3)ccc2C)cc1C. The van der Waals surface area contributed by atoms with Crippen molar-refractivity contribution in [3.8, 4) is 16.9 Å². The highest BCUT2D eigenvalue weighted by Crippen LogP contribution is 2.26. The van der Waals surface area contributed by atoms with Crippen molar-refractivity contribution in [2.75, 3.05) is 4.72 Å². The lowest BCUT2D eigenvalue weighted by Gasteiger charge is -2.13. The van der Waals surface area contributed by atoms with Crippen LogP contribution in [0.5, 0.6) is 0 Å². The first-order valence-electron chi connectivity index (χ1n) is 10.3. The molecular weight excluding hydrogens is 440 g/mol. The summed E-state index contributed by atoms with van der Waals surface area (Å²) in [6.45, 7) is 9.05. The summed E-state index contributed by atoms with van der Waals surface area (Å²) in [5.41, 5.74) is 4.81. The van der Waals surface area contributed by atoms with Crippen LogP contribution < -0.4 is 10.3 Å². The van der Waals surface area contributed by atoms with E-state index in [0.717, 1.165) is 11.1 Å². The number of sulfonamides is 1. The van der Waals surface area contributed by atoms with E-state index in [1.165, 1.54) is 10.7 Å². The van der Waals surface area contributed by atoms with Crippen molar-refractivity contribution >= 4 is 15.7 Å². The van der Waals surface area contributed by atoms with Gasteiger partial charge in [-0.15, -0.1) is 0 Å². The molecule has 2 heterocycles. The van der Waals surface area contributed by atoms with Gasteiger partial charge in [0.25, 0.3) is 15.6 Å². The van der Waals surface area contributed by atoms with Crippen LogP contribution in [-0.2, 0) is 10.0 Å². The zero-order chi connectivity index (χ0) is 23.9. The van der Waals surface area contributed by atoms with Gasteiger partial charge in [0.05, 0.1) is 10.6 Å². The van der Waals surface area contributed by atoms with Gasteiger partial charge < -0.3 is 4.52 Å². The van der Waals surface area contributed by atoms with Crippen molar-refractivity contribution in [2.24, 2.45) is 0 Å². The Morgan fingerprint density at radius 3 is 2.27 bits per heavy atom. The molecular formula is C24H24N4O4S. The van der Waals surface area contributed by atoms with Crippen molar-refractivity contribution in [3.05, 3.63) is 87.0 Å². The molecule has 0 saturated carbocycles. The van der Waals surface area contributed by atoms with E-state index in [2.05, 4.69) is 15.0 Å². The fraction of sp³-hybridized carbons (Fsp3) is 0.208. The summed E-state index contributed by atoms with van der Waals surface area (Å²) in [4.78, 5) is 12.6. The summed E-state index contributed by atoms with van der Waals surface area (Å²) in [6.07, 6.45) is 0. The Bertz CT molecular complexity index is 1520. The van der Waals surface area contributed by atoms with Crippen LogP contribution in [-0.4, -0.2) is 23.4 Å². The topological polar surface area (TPSA) is 107 Å². The van der Waals surface area contributed by atoms with Crippen LogP contribution in [0.15, 0.2) is 62.7 Å². The summed E-state index contributed by atoms with van der Waals surface area (Å²) in [5, 5.41) is 8.34. The Balaban J connectivity index is 1.77. The van der Waals surface area contributed by atoms with E-state index in [-0.39, 0.29) is 10.5 Å². The van der Waals surface area contributed by atoms with E-state index in [1.807, 2.05) is 19.9 Å². The number of nitrogens with zero attached hydrogens (tertiary/aromatic N) is 3. The molecule has 0 atom stereocenters. The maximum absolute atomic E-state index is 13.2. The predicted molar refractivity (Wildman–Crippen MR) is 126 cm³/mol. The van der Waals surface area contributed by atoms with E-state index in [9.17, 15) is 13.2 Å². The Hall–Kier alpha value is -3.72. The summed E-state index contributed by atoms with van der Waals surface area (Å²) in [6, 6.07) is 13.4. The Kier molecular flexibility index (Phi) is 5.67. The van der Waals surface area contributed by atoms with Gasteiger partial charge in [-0.3, -0.25) is 9.52 Å². The van der Waals surface area contributed by atoms with Crippen molar-refractivity contribution in [1.82, 2.24) is 14.9 Å². The average Bonchev–Trinajstić information content (AvgIpc) is 3.09. The molecule has 0 aliphatic heterocycles. The van der Waals surface area contributed by atoms with E-state index in [0.29, 0.717) is 39.6 Å². The number of nitrogens with one attached hydrogen (secondary N) is 1. The molecule has 8 nitrogen and oxygen atoms in total. The minimum atomic E-state index is -3.85. The smallest absolute Gasteiger partial charge is 0.271 e. The molecule has 4 aromatic rings. The first kappa shape index (κ1) is 22.5. The molecule has 33 heavy (non-hydrogen) atoms. The largest absolute Gasteiger partial charge is 0.359 e. The standard InChI is InChI=1S/C24H24N4O4S/c1-14-7-9-20(12-16(14)3)27-33(30,31)22-13-19(8-6-15(22)2)21-10-11-23(29)28(25-21)24-17(4)26-32-18(24)5/h6-13,27H,1-5H3. The molecule has 0 bridgehead atoms. The third-order valence-electron chi connectivity index (χ3n) is 5.54. The molecule has 2 aromatic carbocycles. The second-order valence-electron chi connectivity index (χ2n) is 8.03. The summed E-state index contributed by atoms with van der Waals surface area (Å²) >= 11 is 0. The highest BCUT2D eigenvalue weighted by atomic mass is 32.2. The Morgan fingerprint density at radius 1 is 0.879 bits per heavy atom. The fourth-order valence-corrected chi connectivity index (χ4v) is 4.89. The number of rotatable bonds is 5. The predicted octanol–water partition coefficient (Wildman–Crippen LogP) is 4.23. The van der Waals surface area contributed by atoms with Crippen molar-refractivity contribution < 1.29 is 12.9 Å². The first-order valence-corrected chi connectivity index (χ1v) is 11.8. The molecule has 4 rings (SSSR count). The third kappa shape index (κ3) is 4.31. The third-order valence-corrected chi connectivity index (χ3v) is 7.06. The van der Waals surface area contributed by atoms with E-state index in [4.69, 9.17) is 4.52 Å². The normalized spacial score (nSPS) is 11.5. The molecule has 0 saturated heterocycles. The zero-order valence-electron chi connectivity index (χ0n) is 19.0. The van der Waals surface area contributed by atoms with Gasteiger partial charge in [-0.05, 0) is 75.6 Å². The van der Waals surface area contributed by atoms with Gasteiger partial charge in [0, 0.05) is 17.3 Å². The maximum atomic E-state index is 13.2. The van der Waals surface area contributed by atoms with E-state index >= 15 is 0 Å². The second-order valence-corrected chi connectivity index (χ2v) is 9.68. The van der Waals surface area contributed by atoms with Gasteiger partial charge in [0.15, 0.2) is 5.76 Å². The summed E-state index contributed by atoms with van der Waals surface area (Å²) in [7, 11) is -3.85. The summed E-state index contributed by atoms with van der Waals surface area (Å²) < 4.78 is 35.4. The molecule has 0 aliphatic carbocycles. The van der Waals surface area contributed by atoms with Crippen LogP contribution in [0.1, 0.15) is 28.1 Å². The number of aryl methyl sites for hydroxylation is 5. The van der Waals surface area contributed by atoms with Gasteiger partial charge in [-0.25, -0.2) is 8.42 Å². The zero-order valence-corrected chi connectivity index (χ0v) is 19.8. The van der Waals surface area contributed by atoms with Crippen LogP contribution in [0.3, 0.4) is 0 Å². The molecule has 170 valence electrons. The van der Waals surface area contributed by atoms with Crippen LogP contribution in [0.2, 0.25) is 0 Å². The van der Waals surface area contributed by atoms with Gasteiger partial charge >= 0.3 is 0 Å². The van der Waals surface area contributed by atoms with Crippen LogP contribution in [0, 0.1) is 34.6 Å². The molecule has 0 unspecified atom stereocenters. The van der Waals surface area contributed by atoms with Crippen LogP contribution >= 0.6 is 0 Å². The minimum Gasteiger partial charge on any atom is -0.359 e. The fourth-order valence-electron chi connectivity index (χ4n) is 3.57. The van der Waals surface area contributed by atoms with E-state index < -0.39 is 10.0 Å².